The molecule has 0 amide bonds. The smallest absolute Gasteiger partial charge is 0.109 e. The number of halogens is 2. The summed E-state index contributed by atoms with van der Waals surface area (Å²) in [6.07, 6.45) is 25.0. The van der Waals surface area contributed by atoms with Crippen molar-refractivity contribution >= 4 is 24.8 Å². The monoisotopic (exact) mass is 736 g/mol. The third-order valence-corrected chi connectivity index (χ3v) is 13.0. The number of allylic oxidation sites excluding steroid dienone is 4. The summed E-state index contributed by atoms with van der Waals surface area (Å²) in [4.78, 5) is 0. The minimum atomic E-state index is 0. The molecule has 0 N–H and O–H groups in total. The second-order valence-corrected chi connectivity index (χ2v) is 17.5. The van der Waals surface area contributed by atoms with Gasteiger partial charge in [-0.15, -0.1) is 46.2 Å². The van der Waals surface area contributed by atoms with Gasteiger partial charge in [0.1, 0.15) is 0 Å². The molecule has 0 spiro atoms. The van der Waals surface area contributed by atoms with E-state index in [-0.39, 0.29) is 35.6 Å². The molecule has 2 unspecified atom stereocenters. The van der Waals surface area contributed by atoms with Crippen molar-refractivity contribution in [3.63, 3.8) is 0 Å². The largest absolute Gasteiger partial charge is 1.00 e. The summed E-state index contributed by atoms with van der Waals surface area (Å²) in [6, 6.07) is 16.1. The van der Waals surface area contributed by atoms with Gasteiger partial charge < -0.3 is 24.8 Å². The summed E-state index contributed by atoms with van der Waals surface area (Å²) in [5.74, 6) is 3.89. The molecular weight excluding hydrogens is 679 g/mol. The Bertz CT molecular complexity index is 1310. The van der Waals surface area contributed by atoms with Gasteiger partial charge in [-0.25, -0.2) is 12.2 Å². The van der Waals surface area contributed by atoms with Crippen LogP contribution in [-0.2, 0) is 35.1 Å². The van der Waals surface area contributed by atoms with Crippen LogP contribution in [-0.4, -0.2) is 3.21 Å². The predicted molar refractivity (Wildman–Crippen MR) is 193 cm³/mol. The second-order valence-electron chi connectivity index (χ2n) is 16.1. The molecule has 46 heavy (non-hydrogen) atoms. The van der Waals surface area contributed by atoms with Crippen LogP contribution in [0.25, 0.3) is 21.5 Å². The summed E-state index contributed by atoms with van der Waals surface area (Å²) < 4.78 is 1.92. The topological polar surface area (TPSA) is 0 Å². The van der Waals surface area contributed by atoms with E-state index >= 15 is 0 Å². The average Bonchev–Trinajstić information content (AvgIpc) is 3.72. The average molecular weight is 739 g/mol. The van der Waals surface area contributed by atoms with E-state index in [1.165, 1.54) is 96.9 Å². The molecule has 6 rings (SSSR count). The fourth-order valence-electron chi connectivity index (χ4n) is 7.46. The van der Waals surface area contributed by atoms with E-state index in [2.05, 4.69) is 110 Å². The zero-order valence-electron chi connectivity index (χ0n) is 30.1. The molecule has 3 heteroatoms. The zero-order chi connectivity index (χ0) is 31.9. The van der Waals surface area contributed by atoms with Crippen LogP contribution in [0.15, 0.2) is 60.7 Å². The first kappa shape index (κ1) is 41.3. The molecule has 0 nitrogen and oxygen atoms in total. The van der Waals surface area contributed by atoms with Gasteiger partial charge in [0.25, 0.3) is 0 Å². The fourth-order valence-corrected chi connectivity index (χ4v) is 8.62. The fraction of sp³-hybridized carbons (Fsp3) is 0.581. The maximum Gasteiger partial charge on any atom is -0.109 e. The molecule has 252 valence electrons. The molecule has 3 aliphatic rings. The Kier molecular flexibility index (Phi) is 16.8. The van der Waals surface area contributed by atoms with Gasteiger partial charge in [-0.3, -0.25) is 6.08 Å². The van der Waals surface area contributed by atoms with E-state index < -0.39 is 0 Å². The summed E-state index contributed by atoms with van der Waals surface area (Å²) in [5.41, 5.74) is 3.20. The van der Waals surface area contributed by atoms with Gasteiger partial charge in [0.05, 0.1) is 0 Å². The van der Waals surface area contributed by atoms with E-state index in [9.17, 15) is 0 Å². The molecule has 0 aromatic heterocycles. The molecule has 0 aliphatic heterocycles. The summed E-state index contributed by atoms with van der Waals surface area (Å²) in [6.45, 7) is 18.7. The van der Waals surface area contributed by atoms with Gasteiger partial charge in [-0.05, 0) is 10.8 Å². The van der Waals surface area contributed by atoms with Crippen LogP contribution >= 0.6 is 0 Å². The minimum Gasteiger partial charge on any atom is -1.00 e. The van der Waals surface area contributed by atoms with Crippen molar-refractivity contribution in [2.45, 2.75) is 137 Å². The first-order valence-electron chi connectivity index (χ1n) is 17.8. The molecule has 2 saturated carbocycles. The van der Waals surface area contributed by atoms with Gasteiger partial charge in [-0.1, -0.05) is 76.9 Å². The molecular formula is C43H60Cl2Zr-2. The first-order chi connectivity index (χ1) is 20.9. The number of fused-ring (bicyclic) bond motifs is 3. The predicted octanol–water partition coefficient (Wildman–Crippen LogP) is 6.76. The number of hydrogen-bond donors (Lipinski definition) is 0. The Morgan fingerprint density at radius 1 is 0.696 bits per heavy atom. The van der Waals surface area contributed by atoms with E-state index in [0.717, 1.165) is 30.1 Å². The first-order valence-corrected chi connectivity index (χ1v) is 19.0. The summed E-state index contributed by atoms with van der Waals surface area (Å²) in [7, 11) is 0. The Morgan fingerprint density at radius 3 is 1.41 bits per heavy atom. The SMILES string of the molecule is CC(C)(C)c1ccc2[cH-]c3ccc(C(C)(C)C)cc3c2c1.CC([C](=[Zr+2])C(C)C1CCCCC1)C1CCCCC1.[C-]1=CC=CC1.[Cl-].[Cl-]. The minimum absolute atomic E-state index is 0. The molecule has 3 aromatic rings. The van der Waals surface area contributed by atoms with E-state index in [0.29, 0.717) is 0 Å². The molecule has 0 bridgehead atoms. The molecule has 3 aliphatic carbocycles. The van der Waals surface area contributed by atoms with Crippen molar-refractivity contribution in [1.82, 2.24) is 0 Å². The molecule has 0 radical (unpaired) electrons. The Hall–Kier alpha value is -0.877. The Morgan fingerprint density at radius 2 is 1.11 bits per heavy atom. The standard InChI is InChI=1S/C21H25.C17H30.C5H5.2ClH.Zr/c1-20(2,3)16-9-7-14-11-15-8-10-17(21(4,5)6)13-19(15)18(14)12-16;1-14(16-9-5-3-6-10-16)13-15(2)17-11-7-4-8-12-17;1-2-4-5-3-1;;;/h7-13H,1-6H3;14-17H,3-12H2,1-2H3;1-3H,4H2;2*1H;/q-1;;-1;;;+2/p-2. The van der Waals surface area contributed by atoms with Crippen molar-refractivity contribution in [3.05, 3.63) is 77.9 Å². The van der Waals surface area contributed by atoms with Crippen LogP contribution in [0.5, 0.6) is 0 Å². The molecule has 3 aromatic carbocycles. The van der Waals surface area contributed by atoms with Gasteiger partial charge in [-0.2, -0.15) is 6.08 Å². The van der Waals surface area contributed by atoms with Crippen LogP contribution in [0.1, 0.15) is 137 Å². The molecule has 2 atom stereocenters. The van der Waals surface area contributed by atoms with E-state index in [4.69, 9.17) is 0 Å². The van der Waals surface area contributed by atoms with Gasteiger partial charge in [0.15, 0.2) is 0 Å². The Labute approximate surface area is 310 Å². The van der Waals surface area contributed by atoms with E-state index in [1.54, 1.807) is 24.2 Å². The Balaban J connectivity index is 0.000000270. The number of rotatable bonds is 4. The second kappa shape index (κ2) is 18.8. The maximum absolute atomic E-state index is 2.99. The molecule has 2 fully saturated rings. The van der Waals surface area contributed by atoms with Crippen molar-refractivity contribution in [2.75, 3.05) is 0 Å². The van der Waals surface area contributed by atoms with Gasteiger partial charge in [0.2, 0.25) is 0 Å². The van der Waals surface area contributed by atoms with Crippen molar-refractivity contribution in [3.8, 4) is 0 Å². The summed E-state index contributed by atoms with van der Waals surface area (Å²) in [5, 5.41) is 5.49. The number of hydrogen-bond acceptors (Lipinski definition) is 0. The van der Waals surface area contributed by atoms with Gasteiger partial charge in [0, 0.05) is 0 Å². The van der Waals surface area contributed by atoms with Crippen LogP contribution in [0.2, 0.25) is 0 Å². The normalized spacial score (nSPS) is 18.5. The zero-order valence-corrected chi connectivity index (χ0v) is 34.1. The van der Waals surface area contributed by atoms with Crippen LogP contribution in [0, 0.1) is 29.7 Å². The molecule has 0 saturated heterocycles. The van der Waals surface area contributed by atoms with Crippen LogP contribution in [0.3, 0.4) is 0 Å². The maximum atomic E-state index is 2.99. The van der Waals surface area contributed by atoms with Crippen molar-refractivity contribution < 1.29 is 49.0 Å². The van der Waals surface area contributed by atoms with Crippen molar-refractivity contribution in [1.29, 1.82) is 0 Å². The van der Waals surface area contributed by atoms with E-state index in [1.807, 2.05) is 15.4 Å². The van der Waals surface area contributed by atoms with Crippen molar-refractivity contribution in [2.24, 2.45) is 23.7 Å². The third kappa shape index (κ3) is 11.3. The third-order valence-electron chi connectivity index (χ3n) is 10.7. The quantitative estimate of drug-likeness (QED) is 0.260. The van der Waals surface area contributed by atoms with Crippen LogP contribution in [0.4, 0.5) is 0 Å². The van der Waals surface area contributed by atoms with Gasteiger partial charge >= 0.3 is 129 Å². The van der Waals surface area contributed by atoms with Crippen LogP contribution < -0.4 is 24.8 Å². The molecule has 0 heterocycles. The number of benzene rings is 2. The summed E-state index contributed by atoms with van der Waals surface area (Å²) >= 11 is 1.74.